The summed E-state index contributed by atoms with van der Waals surface area (Å²) in [6, 6.07) is 30.2. The first kappa shape index (κ1) is 34.2. The molecule has 1 heterocycles. The predicted octanol–water partition coefficient (Wildman–Crippen LogP) is 8.08. The quantitative estimate of drug-likeness (QED) is 0.149. The van der Waals surface area contributed by atoms with Crippen molar-refractivity contribution in [3.8, 4) is 0 Å². The molecule has 3 saturated carbocycles. The Morgan fingerprint density at radius 3 is 1.92 bits per heavy atom. The summed E-state index contributed by atoms with van der Waals surface area (Å²) < 4.78 is 26.8. The van der Waals surface area contributed by atoms with Crippen LogP contribution in [0, 0.1) is 34.0 Å². The zero-order chi connectivity index (χ0) is 34.5. The normalized spacial score (nSPS) is 35.2. The van der Waals surface area contributed by atoms with Crippen molar-refractivity contribution in [3.05, 3.63) is 120 Å². The summed E-state index contributed by atoms with van der Waals surface area (Å²) in [5.41, 5.74) is 0.332. The van der Waals surface area contributed by atoms with E-state index >= 15 is 0 Å². The second kappa shape index (κ2) is 12.8. The van der Waals surface area contributed by atoms with Crippen molar-refractivity contribution in [1.29, 1.82) is 0 Å². The van der Waals surface area contributed by atoms with Gasteiger partial charge in [0, 0.05) is 23.2 Å². The van der Waals surface area contributed by atoms with E-state index in [2.05, 4.69) is 34.3 Å². The molecule has 4 aliphatic rings. The van der Waals surface area contributed by atoms with Crippen LogP contribution in [0.15, 0.2) is 104 Å². The van der Waals surface area contributed by atoms with Crippen molar-refractivity contribution >= 4 is 5.97 Å². The third kappa shape index (κ3) is 5.24. The van der Waals surface area contributed by atoms with Crippen LogP contribution in [0.2, 0.25) is 0 Å². The number of ether oxygens (including phenoxy) is 4. The largest absolute Gasteiger partial charge is 0.460 e. The van der Waals surface area contributed by atoms with E-state index in [-0.39, 0.29) is 29.8 Å². The van der Waals surface area contributed by atoms with Crippen LogP contribution >= 0.6 is 0 Å². The molecule has 1 unspecified atom stereocenters. The summed E-state index contributed by atoms with van der Waals surface area (Å²) in [6.45, 7) is 13.9. The summed E-state index contributed by atoms with van der Waals surface area (Å²) in [7, 11) is 0. The van der Waals surface area contributed by atoms with Gasteiger partial charge in [-0.05, 0) is 59.6 Å². The Hall–Kier alpha value is -3.29. The molecule has 260 valence electrons. The van der Waals surface area contributed by atoms with Crippen LogP contribution in [0.5, 0.6) is 0 Å². The number of carbonyl (C=O) groups excluding carboxylic acids is 1. The highest BCUT2D eigenvalue weighted by atomic mass is 16.7. The van der Waals surface area contributed by atoms with Crippen molar-refractivity contribution < 1.29 is 28.8 Å². The Morgan fingerprint density at radius 1 is 0.878 bits per heavy atom. The van der Waals surface area contributed by atoms with E-state index < -0.39 is 40.4 Å². The van der Waals surface area contributed by atoms with Gasteiger partial charge in [-0.2, -0.15) is 0 Å². The molecule has 1 N–H and O–H groups in total. The molecule has 0 radical (unpaired) electrons. The molecule has 8 atom stereocenters. The van der Waals surface area contributed by atoms with Gasteiger partial charge in [0.15, 0.2) is 5.79 Å². The van der Waals surface area contributed by atoms with Crippen molar-refractivity contribution in [2.24, 2.45) is 34.0 Å². The van der Waals surface area contributed by atoms with Crippen molar-refractivity contribution in [1.82, 2.24) is 0 Å². The maximum Gasteiger partial charge on any atom is 0.332 e. The lowest BCUT2D eigenvalue weighted by molar-refractivity contribution is -0.284. The van der Waals surface area contributed by atoms with Crippen LogP contribution in [0.1, 0.15) is 76.5 Å². The number of aliphatic hydroxyl groups excluding tert-OH is 1. The van der Waals surface area contributed by atoms with Crippen LogP contribution in [-0.4, -0.2) is 48.9 Å². The lowest BCUT2D eigenvalue weighted by Gasteiger charge is -2.64. The third-order valence-electron chi connectivity index (χ3n) is 13.5. The second-order valence-electron chi connectivity index (χ2n) is 15.7. The average Bonchev–Trinajstić information content (AvgIpc) is 3.75. The molecule has 4 fully saturated rings. The number of esters is 1. The minimum Gasteiger partial charge on any atom is -0.460 e. The van der Waals surface area contributed by atoms with E-state index in [1.165, 1.54) is 0 Å². The first-order valence-electron chi connectivity index (χ1n) is 18.2. The van der Waals surface area contributed by atoms with Crippen LogP contribution in [-0.2, 0) is 29.3 Å². The molecule has 3 aromatic carbocycles. The summed E-state index contributed by atoms with van der Waals surface area (Å²) in [5.74, 6) is -1.02. The minimum atomic E-state index is -1.05. The lowest BCUT2D eigenvalue weighted by Crippen LogP contribution is -2.66. The maximum absolute atomic E-state index is 14.4. The number of rotatable bonds is 8. The smallest absolute Gasteiger partial charge is 0.332 e. The van der Waals surface area contributed by atoms with Gasteiger partial charge in [0.05, 0.1) is 19.3 Å². The molecular formula is C43H52O6. The highest BCUT2D eigenvalue weighted by Crippen LogP contribution is 2.72. The summed E-state index contributed by atoms with van der Waals surface area (Å²) in [5, 5.41) is 12.2. The molecule has 2 bridgehead atoms. The van der Waals surface area contributed by atoms with Gasteiger partial charge < -0.3 is 24.1 Å². The van der Waals surface area contributed by atoms with Crippen LogP contribution in [0.4, 0.5) is 0 Å². The number of hydrogen-bond acceptors (Lipinski definition) is 6. The fraction of sp³-hybridized carbons (Fsp3) is 0.512. The van der Waals surface area contributed by atoms with Gasteiger partial charge in [-0.3, -0.25) is 0 Å². The Bertz CT molecular complexity index is 1520. The number of benzene rings is 3. The van der Waals surface area contributed by atoms with E-state index in [1.807, 2.05) is 97.1 Å². The molecular weight excluding hydrogens is 612 g/mol. The summed E-state index contributed by atoms with van der Waals surface area (Å²) in [6.07, 6.45) is 4.77. The minimum absolute atomic E-state index is 0.0114. The van der Waals surface area contributed by atoms with E-state index in [0.29, 0.717) is 19.6 Å². The lowest BCUT2D eigenvalue weighted by atomic mass is 9.43. The maximum atomic E-state index is 14.4. The van der Waals surface area contributed by atoms with Crippen molar-refractivity contribution in [3.63, 3.8) is 0 Å². The number of aliphatic hydroxyl groups is 1. The van der Waals surface area contributed by atoms with E-state index in [1.54, 1.807) is 0 Å². The Labute approximate surface area is 291 Å². The monoisotopic (exact) mass is 664 g/mol. The Kier molecular flexibility index (Phi) is 8.92. The zero-order valence-corrected chi connectivity index (χ0v) is 29.5. The van der Waals surface area contributed by atoms with Crippen LogP contribution in [0.3, 0.4) is 0 Å². The summed E-state index contributed by atoms with van der Waals surface area (Å²) in [4.78, 5) is 14.4. The zero-order valence-electron chi connectivity index (χ0n) is 29.5. The van der Waals surface area contributed by atoms with Crippen molar-refractivity contribution in [2.75, 3.05) is 19.8 Å². The highest BCUT2D eigenvalue weighted by molar-refractivity contribution is 5.71. The van der Waals surface area contributed by atoms with Crippen LogP contribution < -0.4 is 0 Å². The fourth-order valence-electron chi connectivity index (χ4n) is 10.7. The molecule has 1 saturated heterocycles. The SMILES string of the molecule is C=C[C@@]1(C)C[C@@H](OC(=O)COC(c2ccccc2)(c2ccccc2)c2ccccc2)[C@@]2(C)C3C4(CC[C@]3(CC[C@H]2C)[C@@H](C)[C@@H]1O)OCCO4. The number of carbonyl (C=O) groups is 1. The van der Waals surface area contributed by atoms with E-state index in [4.69, 9.17) is 18.9 Å². The van der Waals surface area contributed by atoms with Gasteiger partial charge in [0.2, 0.25) is 0 Å². The molecule has 7 rings (SSSR count). The second-order valence-corrected chi connectivity index (χ2v) is 15.7. The molecule has 3 aliphatic carbocycles. The topological polar surface area (TPSA) is 74.2 Å². The molecule has 6 nitrogen and oxygen atoms in total. The first-order valence-corrected chi connectivity index (χ1v) is 18.2. The molecule has 6 heteroatoms. The molecule has 1 aliphatic heterocycles. The Balaban J connectivity index is 1.28. The number of hydrogen-bond donors (Lipinski definition) is 1. The third-order valence-corrected chi connectivity index (χ3v) is 13.5. The van der Waals surface area contributed by atoms with Gasteiger partial charge in [0.1, 0.15) is 18.3 Å². The Morgan fingerprint density at radius 2 is 1.41 bits per heavy atom. The predicted molar refractivity (Wildman–Crippen MR) is 189 cm³/mol. The average molecular weight is 665 g/mol. The molecule has 49 heavy (non-hydrogen) atoms. The molecule has 1 spiro atoms. The first-order chi connectivity index (χ1) is 23.6. The van der Waals surface area contributed by atoms with Gasteiger partial charge in [0.25, 0.3) is 0 Å². The molecule has 3 aromatic rings. The highest BCUT2D eigenvalue weighted by Gasteiger charge is 2.74. The fourth-order valence-corrected chi connectivity index (χ4v) is 10.7. The van der Waals surface area contributed by atoms with E-state index in [0.717, 1.165) is 42.4 Å². The van der Waals surface area contributed by atoms with Crippen LogP contribution in [0.25, 0.3) is 0 Å². The van der Waals surface area contributed by atoms with Gasteiger partial charge >= 0.3 is 5.97 Å². The summed E-state index contributed by atoms with van der Waals surface area (Å²) >= 11 is 0. The van der Waals surface area contributed by atoms with Gasteiger partial charge in [-0.25, -0.2) is 4.79 Å². The van der Waals surface area contributed by atoms with Gasteiger partial charge in [-0.1, -0.05) is 125 Å². The van der Waals surface area contributed by atoms with E-state index in [9.17, 15) is 9.90 Å². The van der Waals surface area contributed by atoms with Gasteiger partial charge in [-0.15, -0.1) is 6.58 Å². The molecule has 0 amide bonds. The van der Waals surface area contributed by atoms with Crippen molar-refractivity contribution in [2.45, 2.75) is 83.4 Å². The standard InChI is InChI=1S/C43H52O6/c1-6-39(4)28-35(40(5)30(2)22-23-41(31(3)37(39)45)24-25-42(38(40)41)46-26-27-47-42)49-36(44)29-48-43(32-16-10-7-11-17-32,33-18-12-8-13-19-33)34-20-14-9-15-21-34/h6-21,30-31,35,37-38,45H,1,22-29H2,2-5H3/t30-,31+,35-,37+,38?,39+,40+,41-/m1/s1. The molecule has 0 aromatic heterocycles.